The molecule has 1 aliphatic carbocycles. The van der Waals surface area contributed by atoms with Crippen molar-refractivity contribution in [3.05, 3.63) is 39.4 Å². The van der Waals surface area contributed by atoms with E-state index in [1.165, 1.54) is 4.57 Å². The fraction of sp³-hybridized carbons (Fsp3) is 0.474. The van der Waals surface area contributed by atoms with Crippen LogP contribution in [-0.2, 0) is 0 Å². The van der Waals surface area contributed by atoms with Crippen LogP contribution >= 0.6 is 0 Å². The fourth-order valence-corrected chi connectivity index (χ4v) is 4.15. The summed E-state index contributed by atoms with van der Waals surface area (Å²) in [5.41, 5.74) is 5.46. The summed E-state index contributed by atoms with van der Waals surface area (Å²) in [7, 11) is 0. The van der Waals surface area contributed by atoms with Gasteiger partial charge in [0.15, 0.2) is 0 Å². The number of aromatic nitrogens is 1. The van der Waals surface area contributed by atoms with Crippen LogP contribution in [0.5, 0.6) is 0 Å². The van der Waals surface area contributed by atoms with E-state index in [1.54, 1.807) is 11.8 Å². The lowest BCUT2D eigenvalue weighted by Gasteiger charge is -2.24. The Hall–Kier alpha value is -2.55. The first-order chi connectivity index (χ1) is 13.2. The largest absolute Gasteiger partial charge is 0.477 e. The highest BCUT2D eigenvalue weighted by Gasteiger charge is 2.41. The third-order valence-electron chi connectivity index (χ3n) is 5.75. The predicted molar refractivity (Wildman–Crippen MR) is 98.1 cm³/mol. The zero-order valence-electron chi connectivity index (χ0n) is 15.2. The molecule has 1 aromatic heterocycles. The van der Waals surface area contributed by atoms with Crippen LogP contribution in [0.15, 0.2) is 17.1 Å². The number of benzene rings is 1. The van der Waals surface area contributed by atoms with Crippen molar-refractivity contribution in [2.45, 2.75) is 31.6 Å². The minimum absolute atomic E-state index is 0.108. The molecule has 2 aliphatic rings. The molecule has 0 bridgehead atoms. The molecule has 9 heteroatoms. The van der Waals surface area contributed by atoms with Crippen molar-refractivity contribution in [3.8, 4) is 0 Å². The van der Waals surface area contributed by atoms with Crippen LogP contribution in [0.2, 0.25) is 0 Å². The average Bonchev–Trinajstić information content (AvgIpc) is 3.24. The molecule has 1 saturated carbocycles. The number of aromatic carboxylic acids is 1. The highest BCUT2D eigenvalue weighted by atomic mass is 19.1. The number of hydrogen-bond acceptors (Lipinski definition) is 4. The monoisotopic (exact) mass is 395 g/mol. The van der Waals surface area contributed by atoms with Crippen molar-refractivity contribution < 1.29 is 23.1 Å². The van der Waals surface area contributed by atoms with Crippen molar-refractivity contribution in [2.75, 3.05) is 24.7 Å². The van der Waals surface area contributed by atoms with E-state index in [2.05, 4.69) is 0 Å². The van der Waals surface area contributed by atoms with E-state index in [4.69, 9.17) is 5.73 Å². The fourth-order valence-electron chi connectivity index (χ4n) is 4.15. The van der Waals surface area contributed by atoms with Crippen molar-refractivity contribution in [2.24, 2.45) is 11.7 Å². The molecule has 1 saturated heterocycles. The van der Waals surface area contributed by atoms with Crippen LogP contribution in [0.4, 0.5) is 18.9 Å². The summed E-state index contributed by atoms with van der Waals surface area (Å²) in [6.07, 6.45) is 0.171. The maximum Gasteiger partial charge on any atom is 0.341 e. The SMILES string of the molecule is Cc1c(N2C[C@H](CF)[C@H](N)C2)c(F)cc2c(=O)c(C(=O)O)cn(C3C[C@@H]3F)c12. The van der Waals surface area contributed by atoms with Crippen molar-refractivity contribution in [1.82, 2.24) is 4.57 Å². The maximum absolute atomic E-state index is 15.0. The van der Waals surface area contributed by atoms with E-state index < -0.39 is 53.6 Å². The zero-order chi connectivity index (χ0) is 20.3. The summed E-state index contributed by atoms with van der Waals surface area (Å²) in [6.45, 7) is 1.46. The Kier molecular flexibility index (Phi) is 4.37. The third-order valence-corrected chi connectivity index (χ3v) is 5.75. The van der Waals surface area contributed by atoms with E-state index in [9.17, 15) is 27.9 Å². The van der Waals surface area contributed by atoms with Gasteiger partial charge >= 0.3 is 5.97 Å². The van der Waals surface area contributed by atoms with Crippen molar-refractivity contribution in [1.29, 1.82) is 0 Å². The van der Waals surface area contributed by atoms with Crippen LogP contribution in [-0.4, -0.2) is 47.6 Å². The number of hydrogen-bond donors (Lipinski definition) is 2. The number of nitrogens with two attached hydrogens (primary N) is 1. The van der Waals surface area contributed by atoms with Gasteiger partial charge in [0.1, 0.15) is 17.6 Å². The highest BCUT2D eigenvalue weighted by molar-refractivity contribution is 5.95. The molecular weight excluding hydrogens is 375 g/mol. The molecule has 1 aliphatic heterocycles. The Bertz CT molecular complexity index is 1040. The van der Waals surface area contributed by atoms with Gasteiger partial charge in [0.2, 0.25) is 5.43 Å². The molecule has 6 nitrogen and oxygen atoms in total. The third kappa shape index (κ3) is 2.76. The van der Waals surface area contributed by atoms with Crippen molar-refractivity contribution in [3.63, 3.8) is 0 Å². The topological polar surface area (TPSA) is 88.6 Å². The van der Waals surface area contributed by atoms with E-state index in [0.717, 1.165) is 12.3 Å². The molecule has 0 spiro atoms. The molecule has 0 amide bonds. The first kappa shape index (κ1) is 18.8. The van der Waals surface area contributed by atoms with Gasteiger partial charge in [0.05, 0.1) is 23.9 Å². The van der Waals surface area contributed by atoms with E-state index in [-0.39, 0.29) is 30.6 Å². The van der Waals surface area contributed by atoms with E-state index >= 15 is 0 Å². The van der Waals surface area contributed by atoms with Gasteiger partial charge in [0, 0.05) is 43.1 Å². The second-order valence-electron chi connectivity index (χ2n) is 7.61. The molecule has 3 N–H and O–H groups in total. The van der Waals surface area contributed by atoms with Crippen molar-refractivity contribution >= 4 is 22.6 Å². The van der Waals surface area contributed by atoms with Gasteiger partial charge in [-0.1, -0.05) is 0 Å². The Labute approximate surface area is 158 Å². The van der Waals surface area contributed by atoms with Gasteiger partial charge in [-0.3, -0.25) is 9.18 Å². The van der Waals surface area contributed by atoms with Crippen LogP contribution in [0, 0.1) is 18.7 Å². The number of alkyl halides is 2. The van der Waals surface area contributed by atoms with Crippen LogP contribution in [0.25, 0.3) is 10.9 Å². The number of fused-ring (bicyclic) bond motifs is 1. The summed E-state index contributed by atoms with van der Waals surface area (Å²) in [4.78, 5) is 25.7. The molecule has 4 atom stereocenters. The lowest BCUT2D eigenvalue weighted by atomic mass is 10.0. The van der Waals surface area contributed by atoms with Gasteiger partial charge in [-0.2, -0.15) is 0 Å². The quantitative estimate of drug-likeness (QED) is 0.828. The average molecular weight is 395 g/mol. The maximum atomic E-state index is 15.0. The molecule has 150 valence electrons. The number of aryl methyl sites for hydroxylation is 1. The lowest BCUT2D eigenvalue weighted by molar-refractivity contribution is 0.0694. The number of carbonyl (C=O) groups is 1. The first-order valence-corrected chi connectivity index (χ1v) is 9.06. The highest BCUT2D eigenvalue weighted by Crippen LogP contribution is 2.43. The summed E-state index contributed by atoms with van der Waals surface area (Å²) >= 11 is 0. The van der Waals surface area contributed by atoms with E-state index in [1.807, 2.05) is 0 Å². The van der Waals surface area contributed by atoms with Crippen LogP contribution in [0.3, 0.4) is 0 Å². The summed E-state index contributed by atoms with van der Waals surface area (Å²) < 4.78 is 43.3. The summed E-state index contributed by atoms with van der Waals surface area (Å²) in [5, 5.41) is 9.20. The number of pyridine rings is 1. The second kappa shape index (κ2) is 6.51. The molecule has 1 aromatic carbocycles. The molecule has 2 heterocycles. The molecule has 28 heavy (non-hydrogen) atoms. The Morgan fingerprint density at radius 1 is 1.39 bits per heavy atom. The molecule has 2 aromatic rings. The number of rotatable bonds is 4. The minimum Gasteiger partial charge on any atom is -0.477 e. The van der Waals surface area contributed by atoms with E-state index in [0.29, 0.717) is 11.1 Å². The molecular formula is C19H20F3N3O3. The lowest BCUT2D eigenvalue weighted by Crippen LogP contribution is -2.30. The van der Waals surface area contributed by atoms with Gasteiger partial charge in [-0.05, 0) is 18.6 Å². The molecule has 2 fully saturated rings. The van der Waals surface area contributed by atoms with Gasteiger partial charge in [-0.15, -0.1) is 0 Å². The van der Waals surface area contributed by atoms with Gasteiger partial charge < -0.3 is 20.3 Å². The molecule has 1 unspecified atom stereocenters. The summed E-state index contributed by atoms with van der Waals surface area (Å²) in [5.74, 6) is -2.59. The normalized spacial score (nSPS) is 26.8. The number of anilines is 1. The smallest absolute Gasteiger partial charge is 0.341 e. The van der Waals surface area contributed by atoms with Crippen LogP contribution < -0.4 is 16.1 Å². The van der Waals surface area contributed by atoms with Crippen LogP contribution in [0.1, 0.15) is 28.4 Å². The van der Waals surface area contributed by atoms with Gasteiger partial charge in [-0.25, -0.2) is 13.6 Å². The Balaban J connectivity index is 1.97. The predicted octanol–water partition coefficient (Wildman–Crippen LogP) is 2.16. The van der Waals surface area contributed by atoms with Gasteiger partial charge in [0.25, 0.3) is 0 Å². The standard InChI is InChI=1S/C19H20F3N3O3/c1-8-16-10(2-13(22)17(8)24-5-9(4-20)14(23)7-24)18(26)11(19(27)28)6-25(16)15-3-12(15)21/h2,6,9,12,14-15H,3-5,7,23H2,1H3,(H,27,28)/t9-,12-,14+,15?/m0/s1. The first-order valence-electron chi connectivity index (χ1n) is 9.06. The number of halogens is 3. The Morgan fingerprint density at radius 2 is 2.07 bits per heavy atom. The zero-order valence-corrected chi connectivity index (χ0v) is 15.2. The molecule has 4 rings (SSSR count). The number of carboxylic acid groups (broad SMARTS) is 1. The Morgan fingerprint density at radius 3 is 2.61 bits per heavy atom. The second-order valence-corrected chi connectivity index (χ2v) is 7.61. The molecule has 0 radical (unpaired) electrons. The number of nitrogens with zero attached hydrogens (tertiary/aromatic N) is 2. The summed E-state index contributed by atoms with van der Waals surface area (Å²) in [6, 6.07) is -0.0558. The minimum atomic E-state index is -1.45. The number of carboxylic acids is 1.